The van der Waals surface area contributed by atoms with Crippen LogP contribution in [-0.2, 0) is 17.6 Å². The second-order valence-electron chi connectivity index (χ2n) is 9.87. The molecule has 1 heteroatoms. The van der Waals surface area contributed by atoms with Crippen molar-refractivity contribution in [1.82, 2.24) is 0 Å². The molecule has 0 fully saturated rings. The van der Waals surface area contributed by atoms with Crippen molar-refractivity contribution in [3.63, 3.8) is 0 Å². The summed E-state index contributed by atoms with van der Waals surface area (Å²) in [4.78, 5) is 10.5. The Morgan fingerprint density at radius 1 is 0.732 bits per heavy atom. The fourth-order valence-electron chi connectivity index (χ4n) is 2.75. The van der Waals surface area contributed by atoms with Crippen LogP contribution >= 0.6 is 0 Å². The number of carbonyl (C=O) groups excluding carboxylic acids is 1. The van der Waals surface area contributed by atoms with Gasteiger partial charge in [-0.25, -0.2) is 0 Å². The Morgan fingerprint density at radius 3 is 1.49 bits per heavy atom. The lowest BCUT2D eigenvalue weighted by molar-refractivity contribution is -0.112. The van der Waals surface area contributed by atoms with Gasteiger partial charge in [0.25, 0.3) is 0 Å². The summed E-state index contributed by atoms with van der Waals surface area (Å²) in [6.07, 6.45) is 12.7. The van der Waals surface area contributed by atoms with Crippen molar-refractivity contribution in [3.05, 3.63) is 119 Å². The maximum Gasteiger partial charge on any atom is 0.152 e. The zero-order valence-corrected chi connectivity index (χ0v) is 29.4. The number of unbranched alkanes of at least 4 members (excludes halogenated alkanes) is 2. The first-order valence-corrected chi connectivity index (χ1v) is 15.7. The molecule has 0 saturated carbocycles. The fourth-order valence-corrected chi connectivity index (χ4v) is 2.75. The maximum absolute atomic E-state index is 10.5. The molecule has 0 aliphatic heterocycles. The summed E-state index contributed by atoms with van der Waals surface area (Å²) in [7, 11) is 0. The molecule has 41 heavy (non-hydrogen) atoms. The second-order valence-corrected chi connectivity index (χ2v) is 9.87. The maximum atomic E-state index is 10.5. The summed E-state index contributed by atoms with van der Waals surface area (Å²) in [5, 5.41) is 0. The van der Waals surface area contributed by atoms with Crippen LogP contribution in [0.3, 0.4) is 0 Å². The highest BCUT2D eigenvalue weighted by atomic mass is 16.1. The smallest absolute Gasteiger partial charge is 0.152 e. The normalized spacial score (nSPS) is 9.54. The van der Waals surface area contributed by atoms with Crippen molar-refractivity contribution >= 4 is 5.78 Å². The zero-order chi connectivity index (χ0) is 32.6. The van der Waals surface area contributed by atoms with Crippen molar-refractivity contribution in [2.24, 2.45) is 0 Å². The average Bonchev–Trinajstić information content (AvgIpc) is 2.96. The van der Waals surface area contributed by atoms with Crippen molar-refractivity contribution in [2.45, 2.75) is 129 Å². The minimum atomic E-state index is 0.0607. The van der Waals surface area contributed by atoms with Crippen LogP contribution in [0.2, 0.25) is 0 Å². The molecule has 0 aromatic heterocycles. The van der Waals surface area contributed by atoms with Crippen molar-refractivity contribution in [3.8, 4) is 0 Å². The van der Waals surface area contributed by atoms with Crippen LogP contribution in [-0.4, -0.2) is 5.78 Å². The molecule has 0 aliphatic rings. The van der Waals surface area contributed by atoms with Crippen LogP contribution in [0, 0.1) is 13.8 Å². The molecule has 1 nitrogen and oxygen atoms in total. The van der Waals surface area contributed by atoms with Gasteiger partial charge in [-0.3, -0.25) is 4.79 Å². The Balaban J connectivity index is -0.000000216. The van der Waals surface area contributed by atoms with Gasteiger partial charge in [0.15, 0.2) is 5.78 Å². The average molecular weight is 563 g/mol. The Morgan fingerprint density at radius 2 is 1.20 bits per heavy atom. The number of carbonyl (C=O) groups is 1. The minimum absolute atomic E-state index is 0.0607. The standard InChI is InChI=1S/C11H14.C10H14O.C9H12.2C4H10.C2H6/c1-9(2)8-11-6-4-10(3)5-7-11;1-5-10(8(2)3)7-6-9(4)11;1-3-9-7-5-4-6-8(9)2;2*1-3-4-2;1-2/h4-7H,1,8H2,2-3H3;5-7H,2H2,1,3-4H3;4-7H,3H2,1-2H3;2*3-4H2,1-2H3;1-2H3/b;7-6-,10-5-;;;;. The molecule has 0 bridgehead atoms. The van der Waals surface area contributed by atoms with Gasteiger partial charge in [-0.15, -0.1) is 0 Å². The fraction of sp³-hybridized carbons (Fsp3) is 0.475. The van der Waals surface area contributed by atoms with Crippen LogP contribution in [0.5, 0.6) is 0 Å². The van der Waals surface area contributed by atoms with Gasteiger partial charge in [0, 0.05) is 0 Å². The Hall–Kier alpha value is -2.93. The molecule has 2 aromatic carbocycles. The largest absolute Gasteiger partial charge is 0.295 e. The molecule has 0 unspecified atom stereocenters. The first kappa shape index (κ1) is 45.1. The minimum Gasteiger partial charge on any atom is -0.295 e. The van der Waals surface area contributed by atoms with Crippen LogP contribution in [0.25, 0.3) is 0 Å². The van der Waals surface area contributed by atoms with Gasteiger partial charge in [0.2, 0.25) is 0 Å². The van der Waals surface area contributed by atoms with E-state index in [4.69, 9.17) is 0 Å². The second kappa shape index (κ2) is 33.3. The van der Waals surface area contributed by atoms with E-state index in [0.29, 0.717) is 0 Å². The lowest BCUT2D eigenvalue weighted by atomic mass is 10.1. The molecule has 0 atom stereocenters. The topological polar surface area (TPSA) is 17.1 Å². The molecular weight excluding hydrogens is 496 g/mol. The van der Waals surface area contributed by atoms with E-state index in [0.717, 1.165) is 24.0 Å². The molecule has 0 spiro atoms. The first-order valence-electron chi connectivity index (χ1n) is 15.7. The first-order chi connectivity index (χ1) is 19.4. The summed E-state index contributed by atoms with van der Waals surface area (Å²) >= 11 is 0. The SMILES string of the molecule is C=C(C)C(/C=C\C(C)=O)=C\C.C=C(C)Cc1ccc(C)cc1.CC.CCCC.CCCC.CCc1ccccc1C. The summed E-state index contributed by atoms with van der Waals surface area (Å²) in [5.41, 5.74) is 8.73. The number of hydrogen-bond donors (Lipinski definition) is 0. The number of aryl methyl sites for hydroxylation is 3. The number of ketones is 1. The molecule has 0 N–H and O–H groups in total. The van der Waals surface area contributed by atoms with Crippen LogP contribution < -0.4 is 0 Å². The monoisotopic (exact) mass is 563 g/mol. The van der Waals surface area contributed by atoms with E-state index >= 15 is 0 Å². The molecule has 2 rings (SSSR count). The van der Waals surface area contributed by atoms with Gasteiger partial charge >= 0.3 is 0 Å². The van der Waals surface area contributed by atoms with Gasteiger partial charge in [0.1, 0.15) is 0 Å². The van der Waals surface area contributed by atoms with E-state index in [1.807, 2.05) is 33.8 Å². The molecule has 0 heterocycles. The predicted octanol–water partition coefficient (Wildman–Crippen LogP) is 13.0. The van der Waals surface area contributed by atoms with Crippen molar-refractivity contribution in [2.75, 3.05) is 0 Å². The zero-order valence-electron chi connectivity index (χ0n) is 29.4. The third-order valence-corrected chi connectivity index (χ3v) is 5.57. The molecule has 0 aliphatic carbocycles. The van der Waals surface area contributed by atoms with Crippen LogP contribution in [0.4, 0.5) is 0 Å². The van der Waals surface area contributed by atoms with E-state index in [2.05, 4.69) is 117 Å². The van der Waals surface area contributed by atoms with Gasteiger partial charge < -0.3 is 0 Å². The highest BCUT2D eigenvalue weighted by Gasteiger charge is 1.92. The summed E-state index contributed by atoms with van der Waals surface area (Å²) in [5.74, 6) is 0.0607. The van der Waals surface area contributed by atoms with Gasteiger partial charge in [-0.05, 0) is 82.7 Å². The molecule has 2 aromatic rings. The van der Waals surface area contributed by atoms with E-state index < -0.39 is 0 Å². The molecule has 0 radical (unpaired) electrons. The van der Waals surface area contributed by atoms with E-state index in [-0.39, 0.29) is 5.78 Å². The van der Waals surface area contributed by atoms with Crippen molar-refractivity contribution < 1.29 is 4.79 Å². The predicted molar refractivity (Wildman–Crippen MR) is 191 cm³/mol. The number of rotatable bonds is 8. The Labute approximate surface area is 257 Å². The summed E-state index contributed by atoms with van der Waals surface area (Å²) in [6, 6.07) is 17.1. The van der Waals surface area contributed by atoms with E-state index in [9.17, 15) is 4.79 Å². The van der Waals surface area contributed by atoms with Gasteiger partial charge in [-0.2, -0.15) is 0 Å². The lowest BCUT2D eigenvalue weighted by Gasteiger charge is -1.99. The van der Waals surface area contributed by atoms with Crippen LogP contribution in [0.15, 0.2) is 96.6 Å². The van der Waals surface area contributed by atoms with E-state index in [1.54, 1.807) is 12.2 Å². The molecular formula is C40H66O. The quantitative estimate of drug-likeness (QED) is 0.178. The number of benzene rings is 2. The summed E-state index contributed by atoms with van der Waals surface area (Å²) in [6.45, 7) is 34.2. The Bertz CT molecular complexity index is 947. The molecule has 0 amide bonds. The van der Waals surface area contributed by atoms with Gasteiger partial charge in [0.05, 0.1) is 0 Å². The van der Waals surface area contributed by atoms with Crippen LogP contribution in [0.1, 0.15) is 124 Å². The van der Waals surface area contributed by atoms with E-state index in [1.165, 1.54) is 60.4 Å². The van der Waals surface area contributed by atoms with Gasteiger partial charge in [-0.1, -0.05) is 165 Å². The summed E-state index contributed by atoms with van der Waals surface area (Å²) < 4.78 is 0. The number of allylic oxidation sites excluding steroid dienone is 6. The third kappa shape index (κ3) is 33.2. The molecule has 232 valence electrons. The van der Waals surface area contributed by atoms with Crippen molar-refractivity contribution in [1.29, 1.82) is 0 Å². The Kier molecular flexibility index (Phi) is 36.6. The third-order valence-electron chi connectivity index (χ3n) is 5.57. The number of hydrogen-bond acceptors (Lipinski definition) is 1. The highest BCUT2D eigenvalue weighted by molar-refractivity contribution is 5.87. The highest BCUT2D eigenvalue weighted by Crippen LogP contribution is 2.08. The molecule has 0 saturated heterocycles. The lowest BCUT2D eigenvalue weighted by Crippen LogP contribution is -1.84.